The van der Waals surface area contributed by atoms with Crippen LogP contribution in [0.5, 0.6) is 0 Å². The number of alkyl halides is 3. The van der Waals surface area contributed by atoms with Gasteiger partial charge in [0.2, 0.25) is 0 Å². The third kappa shape index (κ3) is 3.53. The Balaban J connectivity index is 2.05. The molecule has 3 rings (SSSR count). The Morgan fingerprint density at radius 1 is 1.19 bits per heavy atom. The molecule has 0 bridgehead atoms. The van der Waals surface area contributed by atoms with Crippen molar-refractivity contribution in [3.8, 4) is 12.3 Å². The van der Waals surface area contributed by atoms with Crippen molar-refractivity contribution < 1.29 is 22.4 Å². The van der Waals surface area contributed by atoms with Crippen LogP contribution in [0, 0.1) is 18.2 Å². The van der Waals surface area contributed by atoms with E-state index in [9.17, 15) is 22.4 Å². The second-order valence-corrected chi connectivity index (χ2v) is 6.29. The van der Waals surface area contributed by atoms with Crippen LogP contribution in [0.4, 0.5) is 17.6 Å². The lowest BCUT2D eigenvalue weighted by molar-refractivity contribution is -0.137. The summed E-state index contributed by atoms with van der Waals surface area (Å²) in [7, 11) is 0. The summed E-state index contributed by atoms with van der Waals surface area (Å²) < 4.78 is 53.3. The molecule has 0 aliphatic rings. The van der Waals surface area contributed by atoms with E-state index in [1.165, 1.54) is 18.2 Å². The highest BCUT2D eigenvalue weighted by Crippen LogP contribution is 2.29. The lowest BCUT2D eigenvalue weighted by atomic mass is 10.1. The van der Waals surface area contributed by atoms with Gasteiger partial charge in [0.15, 0.2) is 4.80 Å². The molecule has 132 valence electrons. The molecule has 0 saturated carbocycles. The Hall–Kier alpha value is -2.92. The highest BCUT2D eigenvalue weighted by Gasteiger charge is 2.30. The van der Waals surface area contributed by atoms with E-state index in [1.807, 2.05) is 0 Å². The van der Waals surface area contributed by atoms with E-state index in [0.717, 1.165) is 35.6 Å². The molecule has 0 saturated heterocycles. The lowest BCUT2D eigenvalue weighted by Gasteiger charge is -2.06. The minimum atomic E-state index is -4.48. The van der Waals surface area contributed by atoms with Crippen LogP contribution in [0.15, 0.2) is 47.5 Å². The molecule has 2 aromatic carbocycles. The zero-order chi connectivity index (χ0) is 18.9. The molecule has 0 spiro atoms. The summed E-state index contributed by atoms with van der Waals surface area (Å²) in [4.78, 5) is 16.5. The van der Waals surface area contributed by atoms with E-state index in [0.29, 0.717) is 10.2 Å². The average molecular weight is 378 g/mol. The van der Waals surface area contributed by atoms with E-state index < -0.39 is 23.5 Å². The first-order chi connectivity index (χ1) is 12.3. The maximum Gasteiger partial charge on any atom is 0.416 e. The number of aromatic nitrogens is 1. The summed E-state index contributed by atoms with van der Waals surface area (Å²) >= 11 is 1.07. The van der Waals surface area contributed by atoms with Crippen LogP contribution in [0.3, 0.4) is 0 Å². The Morgan fingerprint density at radius 2 is 1.88 bits per heavy atom. The van der Waals surface area contributed by atoms with E-state index >= 15 is 0 Å². The number of hydrogen-bond donors (Lipinski definition) is 0. The van der Waals surface area contributed by atoms with Crippen LogP contribution >= 0.6 is 11.3 Å². The van der Waals surface area contributed by atoms with Gasteiger partial charge in [-0.25, -0.2) is 4.39 Å². The first kappa shape index (κ1) is 17.9. The molecule has 1 aromatic heterocycles. The predicted octanol–water partition coefficient (Wildman–Crippen LogP) is 4.24. The van der Waals surface area contributed by atoms with Gasteiger partial charge >= 0.3 is 6.18 Å². The Kier molecular flexibility index (Phi) is 4.66. The van der Waals surface area contributed by atoms with Gasteiger partial charge in [-0.2, -0.15) is 18.2 Å². The van der Waals surface area contributed by atoms with Crippen molar-refractivity contribution in [1.82, 2.24) is 4.57 Å². The van der Waals surface area contributed by atoms with Crippen molar-refractivity contribution >= 4 is 27.5 Å². The number of carbonyl (C=O) groups excluding carboxylic acids is 1. The number of carbonyl (C=O) groups is 1. The maximum atomic E-state index is 13.4. The van der Waals surface area contributed by atoms with Crippen LogP contribution in [-0.4, -0.2) is 10.5 Å². The van der Waals surface area contributed by atoms with Gasteiger partial charge < -0.3 is 4.57 Å². The standard InChI is InChI=1S/C18H10F4N2OS/c1-2-9-24-14-8-7-13(19)10-15(14)26-17(24)23-16(25)11-3-5-12(6-4-11)18(20,21)22/h1,3-8,10H,9H2. The first-order valence-electron chi connectivity index (χ1n) is 7.28. The Bertz CT molecular complexity index is 1090. The third-order valence-corrected chi connectivity index (χ3v) is 4.59. The van der Waals surface area contributed by atoms with Crippen molar-refractivity contribution in [1.29, 1.82) is 0 Å². The normalized spacial score (nSPS) is 12.3. The molecule has 3 aromatic rings. The SMILES string of the molecule is C#CCn1c(=NC(=O)c2ccc(C(F)(F)F)cc2)sc2cc(F)ccc21. The summed E-state index contributed by atoms with van der Waals surface area (Å²) in [6.07, 6.45) is 0.853. The highest BCUT2D eigenvalue weighted by molar-refractivity contribution is 7.16. The number of fused-ring (bicyclic) bond motifs is 1. The molecule has 1 amide bonds. The van der Waals surface area contributed by atoms with Gasteiger partial charge in [0.25, 0.3) is 5.91 Å². The van der Waals surface area contributed by atoms with E-state index in [2.05, 4.69) is 10.9 Å². The smallest absolute Gasteiger partial charge is 0.305 e. The van der Waals surface area contributed by atoms with Crippen molar-refractivity contribution in [2.75, 3.05) is 0 Å². The molecule has 0 fully saturated rings. The number of hydrogen-bond acceptors (Lipinski definition) is 2. The molecule has 26 heavy (non-hydrogen) atoms. The molecule has 0 aliphatic carbocycles. The number of amides is 1. The van der Waals surface area contributed by atoms with Gasteiger partial charge in [-0.3, -0.25) is 4.79 Å². The molecule has 3 nitrogen and oxygen atoms in total. The molecule has 0 N–H and O–H groups in total. The van der Waals surface area contributed by atoms with Crippen LogP contribution in [0.2, 0.25) is 0 Å². The van der Waals surface area contributed by atoms with Gasteiger partial charge in [-0.05, 0) is 42.5 Å². The summed E-state index contributed by atoms with van der Waals surface area (Å²) in [5.74, 6) is 1.28. The fraction of sp³-hybridized carbons (Fsp3) is 0.111. The number of rotatable bonds is 2. The lowest BCUT2D eigenvalue weighted by Crippen LogP contribution is -2.16. The fourth-order valence-electron chi connectivity index (χ4n) is 2.33. The van der Waals surface area contributed by atoms with Gasteiger partial charge in [-0.1, -0.05) is 17.3 Å². The van der Waals surface area contributed by atoms with Crippen molar-refractivity contribution in [2.45, 2.75) is 12.7 Å². The second kappa shape index (κ2) is 6.77. The van der Waals surface area contributed by atoms with Crippen molar-refractivity contribution in [3.05, 3.63) is 64.2 Å². The molecule has 1 heterocycles. The van der Waals surface area contributed by atoms with Gasteiger partial charge in [0.05, 0.1) is 22.3 Å². The van der Waals surface area contributed by atoms with Crippen LogP contribution < -0.4 is 4.80 Å². The van der Waals surface area contributed by atoms with E-state index in [4.69, 9.17) is 6.42 Å². The Labute approximate surface area is 149 Å². The van der Waals surface area contributed by atoms with Crippen molar-refractivity contribution in [3.63, 3.8) is 0 Å². The van der Waals surface area contributed by atoms with Crippen molar-refractivity contribution in [2.24, 2.45) is 4.99 Å². The summed E-state index contributed by atoms with van der Waals surface area (Å²) in [6, 6.07) is 7.86. The molecule has 8 heteroatoms. The van der Waals surface area contributed by atoms with Crippen LogP contribution in [-0.2, 0) is 12.7 Å². The molecular formula is C18H10F4N2OS. The number of halogens is 4. The number of terminal acetylenes is 1. The highest BCUT2D eigenvalue weighted by atomic mass is 32.1. The third-order valence-electron chi connectivity index (χ3n) is 3.55. The minimum absolute atomic E-state index is 0.00824. The first-order valence-corrected chi connectivity index (χ1v) is 8.10. The zero-order valence-electron chi connectivity index (χ0n) is 13.0. The zero-order valence-corrected chi connectivity index (χ0v) is 13.9. The summed E-state index contributed by atoms with van der Waals surface area (Å²) in [5, 5.41) is 0. The number of thiazole rings is 1. The molecule has 0 aliphatic heterocycles. The molecular weight excluding hydrogens is 368 g/mol. The molecule has 0 radical (unpaired) electrons. The summed E-state index contributed by atoms with van der Waals surface area (Å²) in [5.41, 5.74) is -0.226. The fourth-order valence-corrected chi connectivity index (χ4v) is 3.38. The van der Waals surface area contributed by atoms with Crippen LogP contribution in [0.25, 0.3) is 10.2 Å². The Morgan fingerprint density at radius 3 is 2.50 bits per heavy atom. The minimum Gasteiger partial charge on any atom is -0.305 e. The molecule has 0 atom stereocenters. The molecule has 0 unspecified atom stereocenters. The van der Waals surface area contributed by atoms with E-state index in [-0.39, 0.29) is 16.9 Å². The average Bonchev–Trinajstić information content (AvgIpc) is 2.91. The van der Waals surface area contributed by atoms with Gasteiger partial charge in [-0.15, -0.1) is 6.42 Å². The largest absolute Gasteiger partial charge is 0.416 e. The topological polar surface area (TPSA) is 34.4 Å². The summed E-state index contributed by atoms with van der Waals surface area (Å²) in [6.45, 7) is 0.116. The van der Waals surface area contributed by atoms with Gasteiger partial charge in [0, 0.05) is 5.56 Å². The number of nitrogens with zero attached hydrogens (tertiary/aromatic N) is 2. The number of benzene rings is 2. The monoisotopic (exact) mass is 378 g/mol. The van der Waals surface area contributed by atoms with Crippen LogP contribution in [0.1, 0.15) is 15.9 Å². The predicted molar refractivity (Wildman–Crippen MR) is 89.9 cm³/mol. The maximum absolute atomic E-state index is 13.4. The van der Waals surface area contributed by atoms with Gasteiger partial charge in [0.1, 0.15) is 5.82 Å². The second-order valence-electron chi connectivity index (χ2n) is 5.28. The quantitative estimate of drug-likeness (QED) is 0.485. The van der Waals surface area contributed by atoms with E-state index in [1.54, 1.807) is 4.57 Å².